The van der Waals surface area contributed by atoms with Crippen LogP contribution in [0.25, 0.3) is 0 Å². The molecule has 0 aliphatic heterocycles. The van der Waals surface area contributed by atoms with Gasteiger partial charge in [-0.15, -0.1) is 0 Å². The Labute approximate surface area is 117 Å². The molecule has 0 amide bonds. The van der Waals surface area contributed by atoms with Gasteiger partial charge in [0.05, 0.1) is 11.7 Å². The molecule has 5 nitrogen and oxygen atoms in total. The lowest BCUT2D eigenvalue weighted by Gasteiger charge is -2.14. The van der Waals surface area contributed by atoms with E-state index < -0.39 is 0 Å². The van der Waals surface area contributed by atoms with E-state index in [9.17, 15) is 0 Å². The summed E-state index contributed by atoms with van der Waals surface area (Å²) in [6.07, 6.45) is 1.76. The molecule has 19 heavy (non-hydrogen) atoms. The van der Waals surface area contributed by atoms with E-state index in [0.717, 1.165) is 11.4 Å². The summed E-state index contributed by atoms with van der Waals surface area (Å²) in [6.45, 7) is 3.87. The fraction of sp³-hybridized carbons (Fsp3) is 0.231. The average molecular weight is 273 g/mol. The van der Waals surface area contributed by atoms with Crippen LogP contribution in [-0.4, -0.2) is 19.9 Å². The van der Waals surface area contributed by atoms with Gasteiger partial charge in [0.1, 0.15) is 10.7 Å². The van der Waals surface area contributed by atoms with E-state index in [1.54, 1.807) is 12.3 Å². The topological polar surface area (TPSA) is 76.7 Å². The maximum atomic E-state index is 5.59. The molecule has 1 unspecified atom stereocenters. The molecule has 1 atom stereocenters. The minimum absolute atomic E-state index is 0.00203. The van der Waals surface area contributed by atoms with Gasteiger partial charge < -0.3 is 11.1 Å². The zero-order valence-corrected chi connectivity index (χ0v) is 11.6. The first-order chi connectivity index (χ1) is 9.06. The fourth-order valence-electron chi connectivity index (χ4n) is 1.66. The molecule has 98 valence electrons. The van der Waals surface area contributed by atoms with Crippen LogP contribution in [0.5, 0.6) is 0 Å². The van der Waals surface area contributed by atoms with Crippen molar-refractivity contribution < 1.29 is 0 Å². The number of aromatic nitrogens is 3. The SMILES string of the molecule is Cc1cc(C(N)=S)nc(NC(C)c2ccccn2)n1. The average Bonchev–Trinajstić information content (AvgIpc) is 2.39. The number of rotatable bonds is 4. The van der Waals surface area contributed by atoms with Crippen molar-refractivity contribution in [3.8, 4) is 0 Å². The molecule has 2 rings (SSSR count). The Kier molecular flexibility index (Phi) is 4.01. The van der Waals surface area contributed by atoms with E-state index in [4.69, 9.17) is 18.0 Å². The van der Waals surface area contributed by atoms with E-state index in [1.807, 2.05) is 32.0 Å². The van der Waals surface area contributed by atoms with Gasteiger partial charge >= 0.3 is 0 Å². The Balaban J connectivity index is 2.21. The third kappa shape index (κ3) is 3.45. The largest absolute Gasteiger partial charge is 0.388 e. The van der Waals surface area contributed by atoms with Crippen LogP contribution in [0.15, 0.2) is 30.5 Å². The summed E-state index contributed by atoms with van der Waals surface area (Å²) in [5.41, 5.74) is 7.90. The van der Waals surface area contributed by atoms with Gasteiger partial charge in [-0.1, -0.05) is 18.3 Å². The summed E-state index contributed by atoms with van der Waals surface area (Å²) >= 11 is 4.94. The Morgan fingerprint density at radius 1 is 1.37 bits per heavy atom. The van der Waals surface area contributed by atoms with Gasteiger partial charge in [0.25, 0.3) is 0 Å². The summed E-state index contributed by atoms with van der Waals surface area (Å²) in [4.78, 5) is 13.1. The quantitative estimate of drug-likeness (QED) is 0.830. The zero-order chi connectivity index (χ0) is 13.8. The highest BCUT2D eigenvalue weighted by Crippen LogP contribution is 2.14. The normalized spacial score (nSPS) is 11.9. The van der Waals surface area contributed by atoms with Crippen molar-refractivity contribution in [3.63, 3.8) is 0 Å². The number of thiocarbonyl (C=S) groups is 1. The molecule has 0 aliphatic carbocycles. The van der Waals surface area contributed by atoms with Crippen molar-refractivity contribution in [1.82, 2.24) is 15.0 Å². The highest BCUT2D eigenvalue weighted by atomic mass is 32.1. The third-order valence-electron chi connectivity index (χ3n) is 2.58. The number of hydrogen-bond donors (Lipinski definition) is 2. The number of nitrogens with one attached hydrogen (secondary N) is 1. The number of aryl methyl sites for hydroxylation is 1. The molecular weight excluding hydrogens is 258 g/mol. The molecular formula is C13H15N5S. The maximum absolute atomic E-state index is 5.59. The van der Waals surface area contributed by atoms with Gasteiger partial charge in [-0.25, -0.2) is 9.97 Å². The van der Waals surface area contributed by atoms with Gasteiger partial charge in [0.15, 0.2) is 0 Å². The van der Waals surface area contributed by atoms with Crippen LogP contribution in [0.1, 0.15) is 30.0 Å². The predicted molar refractivity (Wildman–Crippen MR) is 78.9 cm³/mol. The minimum atomic E-state index is 0.00203. The molecule has 0 fully saturated rings. The van der Waals surface area contributed by atoms with E-state index in [0.29, 0.717) is 11.6 Å². The second-order valence-corrected chi connectivity index (χ2v) is 4.64. The lowest BCUT2D eigenvalue weighted by Crippen LogP contribution is -2.16. The number of anilines is 1. The molecule has 2 heterocycles. The number of pyridine rings is 1. The second-order valence-electron chi connectivity index (χ2n) is 4.20. The summed E-state index contributed by atoms with van der Waals surface area (Å²) in [5, 5.41) is 3.19. The second kappa shape index (κ2) is 5.71. The highest BCUT2D eigenvalue weighted by molar-refractivity contribution is 7.80. The molecule has 0 aliphatic rings. The Hall–Kier alpha value is -2.08. The molecule has 0 saturated heterocycles. The van der Waals surface area contributed by atoms with Crippen molar-refractivity contribution in [1.29, 1.82) is 0 Å². The minimum Gasteiger partial charge on any atom is -0.388 e. The highest BCUT2D eigenvalue weighted by Gasteiger charge is 2.10. The van der Waals surface area contributed by atoms with E-state index >= 15 is 0 Å². The molecule has 0 aromatic carbocycles. The van der Waals surface area contributed by atoms with Crippen molar-refractivity contribution in [2.24, 2.45) is 5.73 Å². The number of nitrogens with two attached hydrogens (primary N) is 1. The van der Waals surface area contributed by atoms with Gasteiger partial charge in [-0.3, -0.25) is 4.98 Å². The van der Waals surface area contributed by atoms with Crippen LogP contribution in [0.4, 0.5) is 5.95 Å². The van der Waals surface area contributed by atoms with Crippen LogP contribution in [0.2, 0.25) is 0 Å². The van der Waals surface area contributed by atoms with Gasteiger partial charge in [0.2, 0.25) is 5.95 Å². The summed E-state index contributed by atoms with van der Waals surface area (Å²) in [7, 11) is 0. The predicted octanol–water partition coefficient (Wildman–Crippen LogP) is 1.99. The molecule has 6 heteroatoms. The Bertz CT molecular complexity index is 585. The lowest BCUT2D eigenvalue weighted by atomic mass is 10.2. The molecule has 2 aromatic heterocycles. The van der Waals surface area contributed by atoms with E-state index in [2.05, 4.69) is 20.3 Å². The zero-order valence-electron chi connectivity index (χ0n) is 10.8. The van der Waals surface area contributed by atoms with Crippen LogP contribution >= 0.6 is 12.2 Å². The van der Waals surface area contributed by atoms with Crippen molar-refractivity contribution in [3.05, 3.63) is 47.5 Å². The molecule has 3 N–H and O–H groups in total. The maximum Gasteiger partial charge on any atom is 0.224 e. The van der Waals surface area contributed by atoms with E-state index in [1.165, 1.54) is 0 Å². The van der Waals surface area contributed by atoms with Crippen LogP contribution < -0.4 is 11.1 Å². The molecule has 0 spiro atoms. The lowest BCUT2D eigenvalue weighted by molar-refractivity contribution is 0.819. The first-order valence-corrected chi connectivity index (χ1v) is 6.30. The summed E-state index contributed by atoms with van der Waals surface area (Å²) in [6, 6.07) is 7.53. The Morgan fingerprint density at radius 3 is 2.79 bits per heavy atom. The Morgan fingerprint density at radius 2 is 2.16 bits per heavy atom. The third-order valence-corrected chi connectivity index (χ3v) is 2.79. The number of hydrogen-bond acceptors (Lipinski definition) is 5. The standard InChI is InChI=1S/C13H15N5S/c1-8-7-11(12(14)19)18-13(16-8)17-9(2)10-5-3-4-6-15-10/h3-7,9H,1-2H3,(H2,14,19)(H,16,17,18). The van der Waals surface area contributed by atoms with Gasteiger partial charge in [-0.05, 0) is 32.0 Å². The summed E-state index contributed by atoms with van der Waals surface area (Å²) < 4.78 is 0. The monoisotopic (exact) mass is 273 g/mol. The first kappa shape index (κ1) is 13.4. The van der Waals surface area contributed by atoms with Gasteiger partial charge in [0, 0.05) is 11.9 Å². The van der Waals surface area contributed by atoms with Gasteiger partial charge in [-0.2, -0.15) is 0 Å². The van der Waals surface area contributed by atoms with E-state index in [-0.39, 0.29) is 11.0 Å². The smallest absolute Gasteiger partial charge is 0.224 e. The van der Waals surface area contributed by atoms with Crippen LogP contribution in [0, 0.1) is 6.92 Å². The fourth-order valence-corrected chi connectivity index (χ4v) is 1.76. The van der Waals surface area contributed by atoms with Crippen LogP contribution in [-0.2, 0) is 0 Å². The first-order valence-electron chi connectivity index (χ1n) is 5.89. The molecule has 0 bridgehead atoms. The molecule has 0 radical (unpaired) electrons. The number of nitrogens with zero attached hydrogens (tertiary/aromatic N) is 3. The summed E-state index contributed by atoms with van der Waals surface area (Å²) in [5.74, 6) is 0.501. The van der Waals surface area contributed by atoms with Crippen LogP contribution in [0.3, 0.4) is 0 Å². The van der Waals surface area contributed by atoms with Crippen molar-refractivity contribution >= 4 is 23.2 Å². The molecule has 0 saturated carbocycles. The van der Waals surface area contributed by atoms with Crippen molar-refractivity contribution in [2.45, 2.75) is 19.9 Å². The molecule has 2 aromatic rings. The van der Waals surface area contributed by atoms with Crippen molar-refractivity contribution in [2.75, 3.05) is 5.32 Å².